The molecule has 1 fully saturated rings. The first-order chi connectivity index (χ1) is 13.6. The summed E-state index contributed by atoms with van der Waals surface area (Å²) in [6.45, 7) is 2.00. The lowest BCUT2D eigenvalue weighted by Gasteiger charge is -2.26. The molecular formula is C22H23N3O3. The first kappa shape index (κ1) is 18.1. The normalized spacial score (nSPS) is 14.2. The van der Waals surface area contributed by atoms with Gasteiger partial charge in [-0.15, -0.1) is 0 Å². The Bertz CT molecular complexity index is 1020. The molecule has 1 aliphatic rings. The van der Waals surface area contributed by atoms with Gasteiger partial charge in [-0.2, -0.15) is 0 Å². The number of hydrogen-bond donors (Lipinski definition) is 1. The second-order valence-electron chi connectivity index (χ2n) is 6.99. The lowest BCUT2D eigenvalue weighted by Crippen LogP contribution is -2.42. The zero-order valence-electron chi connectivity index (χ0n) is 15.9. The monoisotopic (exact) mass is 377 g/mol. The van der Waals surface area contributed by atoms with Crippen LogP contribution in [0.5, 0.6) is 0 Å². The number of carbonyl (C=O) groups excluding carboxylic acids is 2. The van der Waals surface area contributed by atoms with Crippen LogP contribution in [0.3, 0.4) is 0 Å². The van der Waals surface area contributed by atoms with E-state index in [0.29, 0.717) is 31.8 Å². The molecule has 4 rings (SSSR count). The fourth-order valence-electron chi connectivity index (χ4n) is 3.51. The fourth-order valence-corrected chi connectivity index (χ4v) is 3.51. The predicted octanol–water partition coefficient (Wildman–Crippen LogP) is 3.42. The van der Waals surface area contributed by atoms with E-state index in [9.17, 15) is 9.59 Å². The van der Waals surface area contributed by atoms with Crippen molar-refractivity contribution in [3.8, 4) is 11.1 Å². The summed E-state index contributed by atoms with van der Waals surface area (Å²) in [6, 6.07) is 16.0. The maximum Gasteiger partial charge on any atom is 0.409 e. The van der Waals surface area contributed by atoms with Gasteiger partial charge in [0.2, 0.25) is 0 Å². The number of cyclic esters (lactones) is 1. The van der Waals surface area contributed by atoms with E-state index in [1.54, 1.807) is 11.0 Å². The van der Waals surface area contributed by atoms with E-state index >= 15 is 0 Å². The SMILES string of the molecule is Cn1ccc2cc(-c3cccc(C(=O)NCCN4CCCOC4=O)c3)ccc21. The molecule has 144 valence electrons. The molecule has 0 aliphatic carbocycles. The molecule has 0 bridgehead atoms. The maximum atomic E-state index is 12.5. The number of carbonyl (C=O) groups is 2. The molecule has 0 radical (unpaired) electrons. The van der Waals surface area contributed by atoms with E-state index in [0.717, 1.165) is 17.5 Å². The van der Waals surface area contributed by atoms with E-state index in [-0.39, 0.29) is 12.0 Å². The van der Waals surface area contributed by atoms with Crippen molar-refractivity contribution in [1.29, 1.82) is 0 Å². The molecule has 2 amide bonds. The molecule has 2 aromatic carbocycles. The molecule has 2 heterocycles. The van der Waals surface area contributed by atoms with Crippen molar-refractivity contribution in [2.75, 3.05) is 26.2 Å². The van der Waals surface area contributed by atoms with Crippen LogP contribution in [0.1, 0.15) is 16.8 Å². The minimum Gasteiger partial charge on any atom is -0.449 e. The van der Waals surface area contributed by atoms with Crippen LogP contribution in [0.2, 0.25) is 0 Å². The lowest BCUT2D eigenvalue weighted by molar-refractivity contribution is 0.0719. The highest BCUT2D eigenvalue weighted by Gasteiger charge is 2.19. The number of aromatic nitrogens is 1. The van der Waals surface area contributed by atoms with E-state index < -0.39 is 0 Å². The van der Waals surface area contributed by atoms with Crippen LogP contribution in [0.4, 0.5) is 4.79 Å². The lowest BCUT2D eigenvalue weighted by atomic mass is 10.0. The van der Waals surface area contributed by atoms with E-state index in [4.69, 9.17) is 4.74 Å². The fraction of sp³-hybridized carbons (Fsp3) is 0.273. The third-order valence-corrected chi connectivity index (χ3v) is 5.07. The first-order valence-corrected chi connectivity index (χ1v) is 9.47. The number of fused-ring (bicyclic) bond motifs is 1. The molecule has 1 saturated heterocycles. The number of benzene rings is 2. The van der Waals surface area contributed by atoms with Crippen molar-refractivity contribution in [2.45, 2.75) is 6.42 Å². The number of rotatable bonds is 5. The Morgan fingerprint density at radius 3 is 2.86 bits per heavy atom. The van der Waals surface area contributed by atoms with Crippen molar-refractivity contribution >= 4 is 22.9 Å². The van der Waals surface area contributed by atoms with Crippen LogP contribution in [0.25, 0.3) is 22.0 Å². The molecule has 0 saturated carbocycles. The Balaban J connectivity index is 1.43. The van der Waals surface area contributed by atoms with Crippen LogP contribution in [0, 0.1) is 0 Å². The van der Waals surface area contributed by atoms with Gasteiger partial charge in [0.15, 0.2) is 0 Å². The van der Waals surface area contributed by atoms with Crippen LogP contribution in [-0.4, -0.2) is 47.7 Å². The largest absolute Gasteiger partial charge is 0.449 e. The Morgan fingerprint density at radius 2 is 2.00 bits per heavy atom. The molecule has 6 nitrogen and oxygen atoms in total. The zero-order valence-corrected chi connectivity index (χ0v) is 15.9. The summed E-state index contributed by atoms with van der Waals surface area (Å²) in [5, 5.41) is 4.06. The second kappa shape index (κ2) is 7.76. The van der Waals surface area contributed by atoms with Gasteiger partial charge in [-0.1, -0.05) is 18.2 Å². The number of ether oxygens (including phenoxy) is 1. The van der Waals surface area contributed by atoms with Gasteiger partial charge < -0.3 is 19.5 Å². The summed E-state index contributed by atoms with van der Waals surface area (Å²) in [4.78, 5) is 25.8. The maximum absolute atomic E-state index is 12.5. The number of aryl methyl sites for hydroxylation is 1. The van der Waals surface area contributed by atoms with Gasteiger partial charge in [-0.25, -0.2) is 4.79 Å². The summed E-state index contributed by atoms with van der Waals surface area (Å²) >= 11 is 0. The molecule has 28 heavy (non-hydrogen) atoms. The van der Waals surface area contributed by atoms with Gasteiger partial charge in [0.1, 0.15) is 0 Å². The highest BCUT2D eigenvalue weighted by Crippen LogP contribution is 2.25. The minimum atomic E-state index is -0.307. The van der Waals surface area contributed by atoms with Gasteiger partial charge in [-0.3, -0.25) is 4.79 Å². The van der Waals surface area contributed by atoms with Gasteiger partial charge >= 0.3 is 6.09 Å². The quantitative estimate of drug-likeness (QED) is 0.741. The molecule has 6 heteroatoms. The smallest absolute Gasteiger partial charge is 0.409 e. The molecule has 0 spiro atoms. The third-order valence-electron chi connectivity index (χ3n) is 5.07. The summed E-state index contributed by atoms with van der Waals surface area (Å²) in [7, 11) is 2.02. The molecule has 1 aliphatic heterocycles. The van der Waals surface area contributed by atoms with Crippen molar-refractivity contribution in [3.63, 3.8) is 0 Å². The predicted molar refractivity (Wildman–Crippen MR) is 108 cm³/mol. The molecule has 0 atom stereocenters. The van der Waals surface area contributed by atoms with Crippen molar-refractivity contribution in [3.05, 3.63) is 60.3 Å². The average molecular weight is 377 g/mol. The number of nitrogens with one attached hydrogen (secondary N) is 1. The van der Waals surface area contributed by atoms with Gasteiger partial charge in [0.25, 0.3) is 5.91 Å². The zero-order chi connectivity index (χ0) is 19.5. The van der Waals surface area contributed by atoms with E-state index in [2.05, 4.69) is 34.1 Å². The Kier molecular flexibility index (Phi) is 5.02. The summed E-state index contributed by atoms with van der Waals surface area (Å²) in [5.74, 6) is -0.145. The van der Waals surface area contributed by atoms with Gasteiger partial charge in [0, 0.05) is 49.3 Å². The van der Waals surface area contributed by atoms with Crippen molar-refractivity contribution in [1.82, 2.24) is 14.8 Å². The molecule has 1 N–H and O–H groups in total. The minimum absolute atomic E-state index is 0.145. The molecule has 0 unspecified atom stereocenters. The van der Waals surface area contributed by atoms with Gasteiger partial charge in [0.05, 0.1) is 6.61 Å². The Hall–Kier alpha value is -3.28. The topological polar surface area (TPSA) is 63.6 Å². The highest BCUT2D eigenvalue weighted by atomic mass is 16.6. The second-order valence-corrected chi connectivity index (χ2v) is 6.99. The van der Waals surface area contributed by atoms with Crippen LogP contribution < -0.4 is 5.32 Å². The van der Waals surface area contributed by atoms with E-state index in [1.165, 1.54) is 10.9 Å². The molecular weight excluding hydrogens is 354 g/mol. The van der Waals surface area contributed by atoms with Crippen LogP contribution in [0.15, 0.2) is 54.7 Å². The summed E-state index contributed by atoms with van der Waals surface area (Å²) < 4.78 is 7.09. The first-order valence-electron chi connectivity index (χ1n) is 9.47. The highest BCUT2D eigenvalue weighted by molar-refractivity contribution is 5.96. The third kappa shape index (κ3) is 3.71. The standard InChI is InChI=1S/C22H23N3O3/c1-24-11-8-18-14-17(6-7-20(18)24)16-4-2-5-19(15-16)21(26)23-9-12-25-10-3-13-28-22(25)27/h2,4-8,11,14-15H,3,9-10,12-13H2,1H3,(H,23,26). The Labute approximate surface area is 163 Å². The molecule has 1 aromatic heterocycles. The van der Waals surface area contributed by atoms with E-state index in [1.807, 2.05) is 31.4 Å². The average Bonchev–Trinajstić information content (AvgIpc) is 3.10. The Morgan fingerprint density at radius 1 is 1.14 bits per heavy atom. The van der Waals surface area contributed by atoms with Crippen molar-refractivity contribution in [2.24, 2.45) is 7.05 Å². The van der Waals surface area contributed by atoms with Gasteiger partial charge in [-0.05, 0) is 47.9 Å². The van der Waals surface area contributed by atoms with Crippen LogP contribution >= 0.6 is 0 Å². The number of nitrogens with zero attached hydrogens (tertiary/aromatic N) is 2. The number of amides is 2. The van der Waals surface area contributed by atoms with Crippen LogP contribution in [-0.2, 0) is 11.8 Å². The summed E-state index contributed by atoms with van der Waals surface area (Å²) in [5.41, 5.74) is 3.85. The van der Waals surface area contributed by atoms with Crippen molar-refractivity contribution < 1.29 is 14.3 Å². The molecule has 3 aromatic rings. The summed E-state index contributed by atoms with van der Waals surface area (Å²) in [6.07, 6.45) is 2.56. The number of hydrogen-bond acceptors (Lipinski definition) is 3.